The average Bonchev–Trinajstić information content (AvgIpc) is 3.23. The summed E-state index contributed by atoms with van der Waals surface area (Å²) in [5.41, 5.74) is 7.71. The molecule has 1 aliphatic carbocycles. The smallest absolute Gasteiger partial charge is 0.151 e. The Morgan fingerprint density at radius 3 is 2.73 bits per heavy atom. The Kier molecular flexibility index (Phi) is 5.02. The monoisotopic (exact) mass is 410 g/mol. The second-order valence-corrected chi connectivity index (χ2v) is 9.95. The standard InChI is InChI=1S/C24H31FN4O/c1-24(2)13-16(8-9-30-24)23-20-12-19(26)11-17(20)14-29(23)22-7-6-21(27-28-22)15-4-3-5-18(25)10-15/h3-7,10,16-17,19-20,23H,8-9,11-14,26H2,1-2H3/t16-,17?,19?,20?,23?/m0/s1. The molecular formula is C24H31FN4O. The lowest BCUT2D eigenvalue weighted by Gasteiger charge is -2.42. The summed E-state index contributed by atoms with van der Waals surface area (Å²) in [6, 6.07) is 11.3. The van der Waals surface area contributed by atoms with Crippen LogP contribution in [0.15, 0.2) is 36.4 Å². The third kappa shape index (κ3) is 3.71. The van der Waals surface area contributed by atoms with Crippen molar-refractivity contribution in [1.82, 2.24) is 10.2 Å². The molecule has 2 saturated heterocycles. The maximum absolute atomic E-state index is 13.6. The number of hydrogen-bond donors (Lipinski definition) is 1. The van der Waals surface area contributed by atoms with Crippen molar-refractivity contribution in [3.05, 3.63) is 42.2 Å². The van der Waals surface area contributed by atoms with Gasteiger partial charge in [-0.1, -0.05) is 12.1 Å². The Morgan fingerprint density at radius 1 is 1.13 bits per heavy atom. The van der Waals surface area contributed by atoms with E-state index in [4.69, 9.17) is 10.5 Å². The molecule has 2 aliphatic heterocycles. The van der Waals surface area contributed by atoms with Crippen LogP contribution in [0.5, 0.6) is 0 Å². The summed E-state index contributed by atoms with van der Waals surface area (Å²) in [4.78, 5) is 2.48. The van der Waals surface area contributed by atoms with Gasteiger partial charge >= 0.3 is 0 Å². The molecule has 2 aromatic rings. The van der Waals surface area contributed by atoms with Gasteiger partial charge < -0.3 is 15.4 Å². The van der Waals surface area contributed by atoms with E-state index in [1.54, 1.807) is 6.07 Å². The first-order valence-corrected chi connectivity index (χ1v) is 11.2. The van der Waals surface area contributed by atoms with Gasteiger partial charge in [0.15, 0.2) is 5.82 Å². The minimum Gasteiger partial charge on any atom is -0.376 e. The predicted molar refractivity (Wildman–Crippen MR) is 116 cm³/mol. The van der Waals surface area contributed by atoms with E-state index in [-0.39, 0.29) is 11.4 Å². The second kappa shape index (κ2) is 7.57. The largest absolute Gasteiger partial charge is 0.376 e. The van der Waals surface area contributed by atoms with Crippen molar-refractivity contribution in [1.29, 1.82) is 0 Å². The van der Waals surface area contributed by atoms with Crippen LogP contribution in [0.1, 0.15) is 39.5 Å². The molecule has 6 heteroatoms. The Bertz CT molecular complexity index is 902. The first-order valence-electron chi connectivity index (χ1n) is 11.2. The van der Waals surface area contributed by atoms with Crippen molar-refractivity contribution in [2.75, 3.05) is 18.1 Å². The van der Waals surface area contributed by atoms with E-state index in [1.807, 2.05) is 18.2 Å². The van der Waals surface area contributed by atoms with Crippen LogP contribution in [0.3, 0.4) is 0 Å². The van der Waals surface area contributed by atoms with Crippen molar-refractivity contribution >= 4 is 5.82 Å². The van der Waals surface area contributed by atoms with E-state index in [9.17, 15) is 4.39 Å². The lowest BCUT2D eigenvalue weighted by Crippen LogP contribution is -2.46. The Morgan fingerprint density at radius 2 is 2.00 bits per heavy atom. The van der Waals surface area contributed by atoms with Crippen molar-refractivity contribution in [3.63, 3.8) is 0 Å². The highest BCUT2D eigenvalue weighted by Gasteiger charge is 2.51. The number of fused-ring (bicyclic) bond motifs is 1. The van der Waals surface area contributed by atoms with Crippen LogP contribution in [-0.2, 0) is 4.74 Å². The van der Waals surface area contributed by atoms with Gasteiger partial charge in [-0.15, -0.1) is 10.2 Å². The van der Waals surface area contributed by atoms with Crippen LogP contribution in [0, 0.1) is 23.6 Å². The molecule has 3 fully saturated rings. The molecule has 3 heterocycles. The number of aromatic nitrogens is 2. The summed E-state index contributed by atoms with van der Waals surface area (Å²) in [5.74, 6) is 2.47. The molecule has 160 valence electrons. The van der Waals surface area contributed by atoms with Crippen LogP contribution < -0.4 is 10.6 Å². The Hall–Kier alpha value is -2.05. The number of halogens is 1. The van der Waals surface area contributed by atoms with Gasteiger partial charge in [-0.25, -0.2) is 4.39 Å². The molecule has 0 radical (unpaired) electrons. The molecular weight excluding hydrogens is 379 g/mol. The van der Waals surface area contributed by atoms with E-state index < -0.39 is 0 Å². The summed E-state index contributed by atoms with van der Waals surface area (Å²) in [5, 5.41) is 9.03. The number of ether oxygens (including phenoxy) is 1. The lowest BCUT2D eigenvalue weighted by molar-refractivity contribution is -0.0784. The first kappa shape index (κ1) is 19.9. The second-order valence-electron chi connectivity index (χ2n) is 9.95. The van der Waals surface area contributed by atoms with Gasteiger partial charge in [0, 0.05) is 30.8 Å². The summed E-state index contributed by atoms with van der Waals surface area (Å²) in [6.07, 6.45) is 4.33. The van der Waals surface area contributed by atoms with Crippen LogP contribution in [0.2, 0.25) is 0 Å². The molecule has 5 nitrogen and oxygen atoms in total. The van der Waals surface area contributed by atoms with E-state index >= 15 is 0 Å². The number of rotatable bonds is 3. The van der Waals surface area contributed by atoms with Crippen molar-refractivity contribution < 1.29 is 9.13 Å². The Balaban J connectivity index is 1.43. The summed E-state index contributed by atoms with van der Waals surface area (Å²) >= 11 is 0. The SMILES string of the molecule is CC1(C)C[C@@H](C2C3CC(N)CC3CN2c2ccc(-c3cccc(F)c3)nn2)CCO1. The first-order chi connectivity index (χ1) is 14.4. The minimum atomic E-state index is -0.260. The third-order valence-corrected chi connectivity index (χ3v) is 7.30. The van der Waals surface area contributed by atoms with Gasteiger partial charge in [0.05, 0.1) is 11.3 Å². The van der Waals surface area contributed by atoms with E-state index in [0.29, 0.717) is 35.5 Å². The third-order valence-electron chi connectivity index (χ3n) is 7.30. The van der Waals surface area contributed by atoms with Crippen LogP contribution in [0.4, 0.5) is 10.2 Å². The van der Waals surface area contributed by atoms with Gasteiger partial charge in [-0.05, 0) is 81.5 Å². The summed E-state index contributed by atoms with van der Waals surface area (Å²) in [6.45, 7) is 6.21. The maximum Gasteiger partial charge on any atom is 0.151 e. The van der Waals surface area contributed by atoms with Crippen LogP contribution >= 0.6 is 0 Å². The van der Waals surface area contributed by atoms with Gasteiger partial charge in [0.25, 0.3) is 0 Å². The van der Waals surface area contributed by atoms with Crippen LogP contribution in [0.25, 0.3) is 11.3 Å². The number of nitrogens with zero attached hydrogens (tertiary/aromatic N) is 3. The summed E-state index contributed by atoms with van der Waals surface area (Å²) < 4.78 is 19.6. The van der Waals surface area contributed by atoms with Gasteiger partial charge in [0.1, 0.15) is 5.82 Å². The molecule has 1 saturated carbocycles. The molecule has 30 heavy (non-hydrogen) atoms. The number of anilines is 1. The highest BCUT2D eigenvalue weighted by molar-refractivity contribution is 5.60. The predicted octanol–water partition coefficient (Wildman–Crippen LogP) is 4.03. The van der Waals surface area contributed by atoms with Gasteiger partial charge in [-0.2, -0.15) is 0 Å². The van der Waals surface area contributed by atoms with Crippen molar-refractivity contribution in [3.8, 4) is 11.3 Å². The molecule has 1 aromatic heterocycles. The minimum absolute atomic E-state index is 0.0830. The normalized spacial score (nSPS) is 32.9. The van der Waals surface area contributed by atoms with Gasteiger partial charge in [-0.3, -0.25) is 0 Å². The van der Waals surface area contributed by atoms with Gasteiger partial charge in [0.2, 0.25) is 0 Å². The van der Waals surface area contributed by atoms with E-state index in [0.717, 1.165) is 50.2 Å². The molecule has 5 atom stereocenters. The fourth-order valence-electron chi connectivity index (χ4n) is 6.14. The van der Waals surface area contributed by atoms with E-state index in [2.05, 4.69) is 28.9 Å². The molecule has 0 bridgehead atoms. The van der Waals surface area contributed by atoms with Crippen molar-refractivity contribution in [2.24, 2.45) is 23.5 Å². The molecule has 5 rings (SSSR count). The molecule has 4 unspecified atom stereocenters. The zero-order chi connectivity index (χ0) is 20.9. The van der Waals surface area contributed by atoms with Crippen molar-refractivity contribution in [2.45, 2.75) is 57.2 Å². The summed E-state index contributed by atoms with van der Waals surface area (Å²) in [7, 11) is 0. The molecule has 0 spiro atoms. The van der Waals surface area contributed by atoms with E-state index in [1.165, 1.54) is 12.1 Å². The zero-order valence-corrected chi connectivity index (χ0v) is 17.8. The molecule has 3 aliphatic rings. The maximum atomic E-state index is 13.6. The number of nitrogens with two attached hydrogens (primary N) is 1. The fourth-order valence-corrected chi connectivity index (χ4v) is 6.14. The highest BCUT2D eigenvalue weighted by Crippen LogP contribution is 2.48. The molecule has 0 amide bonds. The topological polar surface area (TPSA) is 64.3 Å². The Labute approximate surface area is 177 Å². The molecule has 1 aromatic carbocycles. The lowest BCUT2D eigenvalue weighted by atomic mass is 9.77. The van der Waals surface area contributed by atoms with Crippen LogP contribution in [-0.4, -0.2) is 41.0 Å². The average molecular weight is 411 g/mol. The highest BCUT2D eigenvalue weighted by atomic mass is 19.1. The fraction of sp³-hybridized carbons (Fsp3) is 0.583. The number of benzene rings is 1. The quantitative estimate of drug-likeness (QED) is 0.828. The number of hydrogen-bond acceptors (Lipinski definition) is 5. The molecule has 2 N–H and O–H groups in total. The zero-order valence-electron chi connectivity index (χ0n) is 17.8.